The molecule has 4 aromatic rings. The van der Waals surface area contributed by atoms with Crippen molar-refractivity contribution in [1.29, 1.82) is 0 Å². The van der Waals surface area contributed by atoms with Crippen LogP contribution in [0.2, 0.25) is 0 Å². The molecule has 1 fully saturated rings. The van der Waals surface area contributed by atoms with Gasteiger partial charge in [-0.05, 0) is 49.6 Å². The summed E-state index contributed by atoms with van der Waals surface area (Å²) >= 11 is 0. The lowest BCUT2D eigenvalue weighted by Crippen LogP contribution is -2.48. The molecule has 0 aliphatic carbocycles. The minimum atomic E-state index is -0.915. The van der Waals surface area contributed by atoms with E-state index in [4.69, 9.17) is 19.2 Å². The molecule has 1 saturated heterocycles. The van der Waals surface area contributed by atoms with E-state index in [1.54, 1.807) is 30.2 Å². The maximum Gasteiger partial charge on any atom is 0.257 e. The van der Waals surface area contributed by atoms with Crippen molar-refractivity contribution in [2.24, 2.45) is 0 Å². The number of nitrogens with zero attached hydrogens (tertiary/aromatic N) is 3. The summed E-state index contributed by atoms with van der Waals surface area (Å²) in [5.74, 6) is 0.836. The maximum atomic E-state index is 13.9. The molecule has 9 nitrogen and oxygen atoms in total. The van der Waals surface area contributed by atoms with Gasteiger partial charge in [0.25, 0.3) is 5.91 Å². The van der Waals surface area contributed by atoms with Crippen molar-refractivity contribution in [3.8, 4) is 28.4 Å². The molecule has 1 N–H and O–H groups in total. The van der Waals surface area contributed by atoms with Crippen LogP contribution in [0.15, 0.2) is 85.1 Å². The summed E-state index contributed by atoms with van der Waals surface area (Å²) in [6.45, 7) is 1.95. The van der Waals surface area contributed by atoms with Gasteiger partial charge in [-0.25, -0.2) is 4.98 Å². The van der Waals surface area contributed by atoms with Gasteiger partial charge >= 0.3 is 0 Å². The van der Waals surface area contributed by atoms with Crippen molar-refractivity contribution in [2.75, 3.05) is 26.6 Å². The molecule has 1 aromatic heterocycles. The van der Waals surface area contributed by atoms with E-state index >= 15 is 0 Å². The summed E-state index contributed by atoms with van der Waals surface area (Å²) in [5, 5.41) is 3.02. The fourth-order valence-electron chi connectivity index (χ4n) is 5.34. The zero-order valence-corrected chi connectivity index (χ0v) is 23.6. The molecule has 1 aliphatic rings. The van der Waals surface area contributed by atoms with Crippen LogP contribution >= 0.6 is 0 Å². The lowest BCUT2D eigenvalue weighted by molar-refractivity contribution is -0.148. The lowest BCUT2D eigenvalue weighted by atomic mass is 10.1. The Hall–Kier alpha value is -4.63. The van der Waals surface area contributed by atoms with Crippen molar-refractivity contribution in [3.63, 3.8) is 0 Å². The second-order valence-electron chi connectivity index (χ2n) is 9.93. The Morgan fingerprint density at radius 3 is 2.24 bits per heavy atom. The van der Waals surface area contributed by atoms with Crippen LogP contribution in [0, 0.1) is 0 Å². The number of amides is 2. The minimum Gasteiger partial charge on any atom is -0.493 e. The monoisotopic (exact) mass is 554 g/mol. The predicted molar refractivity (Wildman–Crippen MR) is 156 cm³/mol. The van der Waals surface area contributed by atoms with Gasteiger partial charge in [0.05, 0.1) is 19.9 Å². The predicted octanol–water partition coefficient (Wildman–Crippen LogP) is 5.26. The first-order valence-corrected chi connectivity index (χ1v) is 13.5. The third kappa shape index (κ3) is 5.67. The molecule has 0 radical (unpaired) electrons. The zero-order chi connectivity index (χ0) is 28.9. The van der Waals surface area contributed by atoms with E-state index in [1.807, 2.05) is 78.4 Å². The van der Waals surface area contributed by atoms with Crippen molar-refractivity contribution in [2.45, 2.75) is 38.0 Å². The van der Waals surface area contributed by atoms with Gasteiger partial charge in [0, 0.05) is 30.6 Å². The molecule has 0 bridgehead atoms. The number of methoxy groups -OCH3 is 3. The first-order valence-electron chi connectivity index (χ1n) is 13.5. The molecule has 2 heterocycles. The number of imidazole rings is 1. The Balaban J connectivity index is 1.43. The molecular formula is C32H34N4O5. The number of benzene rings is 3. The largest absolute Gasteiger partial charge is 0.493 e. The highest BCUT2D eigenvalue weighted by Gasteiger charge is 2.42. The van der Waals surface area contributed by atoms with E-state index in [0.717, 1.165) is 16.9 Å². The highest BCUT2D eigenvalue weighted by atomic mass is 16.5. The number of aromatic nitrogens is 2. The number of carbonyl (C=O) groups excluding carboxylic acids is 2. The van der Waals surface area contributed by atoms with Crippen LogP contribution in [0.1, 0.15) is 31.4 Å². The zero-order valence-electron chi connectivity index (χ0n) is 23.6. The first-order chi connectivity index (χ1) is 19.9. The third-order valence-corrected chi connectivity index (χ3v) is 7.44. The number of carbonyl (C=O) groups is 2. The van der Waals surface area contributed by atoms with E-state index in [1.165, 1.54) is 14.2 Å². The van der Waals surface area contributed by atoms with Gasteiger partial charge in [-0.1, -0.05) is 54.6 Å². The van der Waals surface area contributed by atoms with Gasteiger partial charge in [-0.15, -0.1) is 0 Å². The Bertz CT molecular complexity index is 1510. The molecular weight excluding hydrogens is 520 g/mol. The molecule has 3 aromatic carbocycles. The average Bonchev–Trinajstić information content (AvgIpc) is 3.61. The third-order valence-electron chi connectivity index (χ3n) is 7.44. The van der Waals surface area contributed by atoms with E-state index < -0.39 is 12.1 Å². The van der Waals surface area contributed by atoms with E-state index in [9.17, 15) is 9.59 Å². The lowest BCUT2D eigenvalue weighted by Gasteiger charge is -2.31. The van der Waals surface area contributed by atoms with E-state index in [0.29, 0.717) is 35.9 Å². The van der Waals surface area contributed by atoms with E-state index in [2.05, 4.69) is 5.32 Å². The molecule has 0 unspecified atom stereocenters. The number of anilines is 1. The number of nitrogens with one attached hydrogen (secondary N) is 1. The summed E-state index contributed by atoms with van der Waals surface area (Å²) in [6, 6.07) is 23.9. The Kier molecular flexibility index (Phi) is 8.35. The number of rotatable bonds is 9. The van der Waals surface area contributed by atoms with Gasteiger partial charge in [-0.3, -0.25) is 19.5 Å². The molecule has 41 heavy (non-hydrogen) atoms. The smallest absolute Gasteiger partial charge is 0.257 e. The molecule has 5 rings (SSSR count). The summed E-state index contributed by atoms with van der Waals surface area (Å²) in [7, 11) is 4.57. The highest BCUT2D eigenvalue weighted by molar-refractivity contribution is 5.98. The summed E-state index contributed by atoms with van der Waals surface area (Å²) in [5.41, 5.74) is 3.13. The van der Waals surface area contributed by atoms with Crippen LogP contribution in [-0.2, 0) is 14.3 Å². The van der Waals surface area contributed by atoms with Crippen molar-refractivity contribution < 1.29 is 23.8 Å². The molecule has 2 amide bonds. The number of ether oxygens (including phenoxy) is 3. The van der Waals surface area contributed by atoms with Crippen molar-refractivity contribution in [3.05, 3.63) is 90.6 Å². The molecule has 9 heteroatoms. The SMILES string of the molecule is COc1ccc([C@H](OC)C(=O)N2[C@H](C)CC[C@H]2C(=O)Nc2nc(-c3ccccc3)cn2-c2ccccc2)cc1OC. The molecule has 0 saturated carbocycles. The molecule has 3 atom stereocenters. The van der Waals surface area contributed by atoms with Crippen LogP contribution in [0.25, 0.3) is 16.9 Å². The molecule has 0 spiro atoms. The van der Waals surface area contributed by atoms with Gasteiger partial charge in [0.15, 0.2) is 17.6 Å². The van der Waals surface area contributed by atoms with Crippen LogP contribution in [0.4, 0.5) is 5.95 Å². The fraction of sp³-hybridized carbons (Fsp3) is 0.281. The summed E-state index contributed by atoms with van der Waals surface area (Å²) < 4.78 is 18.3. The number of likely N-dealkylation sites (tertiary alicyclic amines) is 1. The Labute approximate surface area is 239 Å². The van der Waals surface area contributed by atoms with Gasteiger partial charge in [-0.2, -0.15) is 0 Å². The van der Waals surface area contributed by atoms with Gasteiger partial charge in [0.1, 0.15) is 6.04 Å². The topological polar surface area (TPSA) is 94.9 Å². The normalized spacial score (nSPS) is 17.2. The molecule has 212 valence electrons. The quantitative estimate of drug-likeness (QED) is 0.303. The Morgan fingerprint density at radius 2 is 1.59 bits per heavy atom. The van der Waals surface area contributed by atoms with Crippen molar-refractivity contribution >= 4 is 17.8 Å². The van der Waals surface area contributed by atoms with Gasteiger partial charge in [0.2, 0.25) is 11.9 Å². The fourth-order valence-corrected chi connectivity index (χ4v) is 5.34. The highest BCUT2D eigenvalue weighted by Crippen LogP contribution is 2.35. The summed E-state index contributed by atoms with van der Waals surface area (Å²) in [6.07, 6.45) is 2.20. The van der Waals surface area contributed by atoms with Crippen LogP contribution in [0.5, 0.6) is 11.5 Å². The van der Waals surface area contributed by atoms with E-state index in [-0.39, 0.29) is 17.9 Å². The number of hydrogen-bond acceptors (Lipinski definition) is 6. The molecule has 1 aliphatic heterocycles. The minimum absolute atomic E-state index is 0.148. The maximum absolute atomic E-state index is 13.9. The number of para-hydroxylation sites is 1. The van der Waals surface area contributed by atoms with Crippen LogP contribution < -0.4 is 14.8 Å². The standard InChI is InChI=1S/C32H34N4O5/c1-21-15-17-26(36(21)31(38)29(41-4)23-16-18-27(39-2)28(19-23)40-3)30(37)34-32-33-25(22-11-7-5-8-12-22)20-35(32)24-13-9-6-10-14-24/h5-14,16,18-21,26,29H,15,17H2,1-4H3,(H,33,34,37)/t21-,26+,29+/m1/s1. The average molecular weight is 555 g/mol. The second-order valence-corrected chi connectivity index (χ2v) is 9.93. The van der Waals surface area contributed by atoms with Crippen LogP contribution in [0.3, 0.4) is 0 Å². The van der Waals surface area contributed by atoms with Crippen LogP contribution in [-0.4, -0.2) is 59.7 Å². The number of hydrogen-bond donors (Lipinski definition) is 1. The first kappa shape index (κ1) is 27.9. The second kappa shape index (κ2) is 12.3. The Morgan fingerprint density at radius 1 is 0.902 bits per heavy atom. The van der Waals surface area contributed by atoms with Gasteiger partial charge < -0.3 is 19.1 Å². The van der Waals surface area contributed by atoms with Crippen molar-refractivity contribution in [1.82, 2.24) is 14.5 Å². The summed E-state index contributed by atoms with van der Waals surface area (Å²) in [4.78, 5) is 34.1.